The summed E-state index contributed by atoms with van der Waals surface area (Å²) >= 11 is 0. The minimum atomic E-state index is -1.47. The van der Waals surface area contributed by atoms with E-state index in [9.17, 15) is 18.6 Å². The number of nitrogens with one attached hydrogen (secondary N) is 5. The van der Waals surface area contributed by atoms with Crippen molar-refractivity contribution >= 4 is 34.5 Å². The van der Waals surface area contributed by atoms with Gasteiger partial charge in [-0.2, -0.15) is 10.2 Å². The van der Waals surface area contributed by atoms with Crippen LogP contribution in [0.1, 0.15) is 149 Å². The van der Waals surface area contributed by atoms with Crippen molar-refractivity contribution in [1.29, 1.82) is 0 Å². The van der Waals surface area contributed by atoms with Crippen LogP contribution in [0.2, 0.25) is 0 Å². The van der Waals surface area contributed by atoms with Crippen LogP contribution in [0.15, 0.2) is 0 Å². The Bertz CT molecular complexity index is 993. The van der Waals surface area contributed by atoms with E-state index in [0.717, 1.165) is 76.7 Å². The second-order valence-corrected chi connectivity index (χ2v) is 15.6. The molecule has 0 aromatic heterocycles. The number of unbranched alkanes of at least 4 members (excludes halogenated alkanes) is 13. The van der Waals surface area contributed by atoms with Crippen LogP contribution in [0.3, 0.4) is 0 Å². The van der Waals surface area contributed by atoms with Crippen molar-refractivity contribution in [2.24, 2.45) is 17.3 Å². The highest BCUT2D eigenvalue weighted by Crippen LogP contribution is 2.13. The first-order chi connectivity index (χ1) is 26.0. The lowest BCUT2D eigenvalue weighted by atomic mass is 10.0. The number of amidine groups is 1. The maximum atomic E-state index is 12.2. The summed E-state index contributed by atoms with van der Waals surface area (Å²) in [5.74, 6) is 5.88. The molecule has 15 nitrogen and oxygen atoms in total. The number of rotatable bonds is 40. The van der Waals surface area contributed by atoms with E-state index < -0.39 is 11.0 Å². The van der Waals surface area contributed by atoms with E-state index in [1.165, 1.54) is 62.9 Å². The number of hydrogen-bond acceptors (Lipinski definition) is 10. The summed E-state index contributed by atoms with van der Waals surface area (Å²) in [6.45, 7) is 8.01. The molecule has 0 saturated carbocycles. The number of hydrazone groups is 1. The fourth-order valence-corrected chi connectivity index (χ4v) is 6.66. The molecule has 0 aliphatic carbocycles. The molecule has 2 unspecified atom stereocenters. The van der Waals surface area contributed by atoms with Crippen LogP contribution in [0.25, 0.3) is 0 Å². The van der Waals surface area contributed by atoms with Gasteiger partial charge in [0, 0.05) is 31.2 Å². The van der Waals surface area contributed by atoms with Crippen LogP contribution in [-0.4, -0.2) is 104 Å². The lowest BCUT2D eigenvalue weighted by molar-refractivity contribution is -0.643. The van der Waals surface area contributed by atoms with E-state index in [0.29, 0.717) is 45.8 Å². The van der Waals surface area contributed by atoms with Gasteiger partial charge in [0.2, 0.25) is 17.7 Å². The molecular weight excluding hydrogens is 711 g/mol. The van der Waals surface area contributed by atoms with Crippen molar-refractivity contribution in [1.82, 2.24) is 25.8 Å². The second kappa shape index (κ2) is 37.5. The van der Waals surface area contributed by atoms with Gasteiger partial charge in [0.05, 0.1) is 45.9 Å². The van der Waals surface area contributed by atoms with Crippen LogP contribution in [0.5, 0.6) is 0 Å². The molecule has 0 fully saturated rings. The second-order valence-electron chi connectivity index (χ2n) is 14.3. The number of nitrogens with two attached hydrogens (primary N) is 3. The molecule has 0 rings (SSSR count). The number of carbonyl (C=O) groups is 3. The molecule has 54 heavy (non-hydrogen) atoms. The number of carbonyl (C=O) groups excluding carboxylic acids is 3. The Labute approximate surface area is 329 Å². The highest BCUT2D eigenvalue weighted by molar-refractivity contribution is 7.83. The summed E-state index contributed by atoms with van der Waals surface area (Å²) < 4.78 is 25.9. The van der Waals surface area contributed by atoms with Gasteiger partial charge < -0.3 is 31.2 Å². The van der Waals surface area contributed by atoms with Gasteiger partial charge in [-0.3, -0.25) is 24.8 Å². The zero-order valence-corrected chi connectivity index (χ0v) is 35.0. The third kappa shape index (κ3) is 36.6. The fraction of sp³-hybridized carbons (Fsp3) is 0.895. The predicted molar refractivity (Wildman–Crippen MR) is 219 cm³/mol. The van der Waals surface area contributed by atoms with Crippen LogP contribution >= 0.6 is 0 Å². The molecular formula is C38H80N9O6S+. The molecule has 0 bridgehead atoms. The molecule has 0 radical (unpaired) electrons. The Morgan fingerprint density at radius 2 is 1.28 bits per heavy atom. The van der Waals surface area contributed by atoms with Gasteiger partial charge in [0.25, 0.3) is 5.84 Å². The molecule has 3 amide bonds. The average Bonchev–Trinajstić information content (AvgIpc) is 3.11. The Morgan fingerprint density at radius 3 is 1.87 bits per heavy atom. The molecule has 0 aromatic carbocycles. The van der Waals surface area contributed by atoms with Crippen molar-refractivity contribution in [3.63, 3.8) is 0 Å². The summed E-state index contributed by atoms with van der Waals surface area (Å²) in [5.41, 5.74) is 11.3. The third-order valence-electron chi connectivity index (χ3n) is 8.84. The molecule has 0 aromatic rings. The van der Waals surface area contributed by atoms with Crippen LogP contribution in [0, 0.1) is 0 Å². The van der Waals surface area contributed by atoms with Crippen LogP contribution in [0.4, 0.5) is 0 Å². The molecule has 0 aliphatic heterocycles. The van der Waals surface area contributed by atoms with Crippen LogP contribution < -0.4 is 43.1 Å². The number of nitrogens with zero attached hydrogens (tertiary/aromatic N) is 1. The van der Waals surface area contributed by atoms with E-state index in [-0.39, 0.29) is 42.0 Å². The number of primary amides is 1. The Morgan fingerprint density at radius 1 is 0.704 bits per heavy atom. The zero-order chi connectivity index (χ0) is 40.1. The molecule has 0 spiro atoms. The molecule has 16 heteroatoms. The lowest BCUT2D eigenvalue weighted by Gasteiger charge is -2.16. The highest BCUT2D eigenvalue weighted by atomic mass is 32.2. The molecule has 0 heterocycles. The number of amides is 3. The topological polar surface area (TPSA) is 230 Å². The van der Waals surface area contributed by atoms with Crippen LogP contribution in [-0.2, 0) is 34.8 Å². The summed E-state index contributed by atoms with van der Waals surface area (Å²) in [6, 6.07) is -0.0522. The molecule has 3 atom stereocenters. The molecule has 0 aliphatic rings. The SMILES string of the molecule is CCCN[C@@H](CCCCNC(C)COCCOCCNC(=O)CCCS(=O)NC(=O)CCCCCCCCCCCCCCC/C(N)=[NH+]/N(C)N)C(N)=O. The predicted octanol–water partition coefficient (Wildman–Crippen LogP) is 1.71. The third-order valence-corrected chi connectivity index (χ3v) is 9.95. The number of hydrazine groups is 2. The largest absolute Gasteiger partial charge is 0.377 e. The molecule has 11 N–H and O–H groups in total. The van der Waals surface area contributed by atoms with Gasteiger partial charge in [-0.25, -0.2) is 10.1 Å². The van der Waals surface area contributed by atoms with Crippen molar-refractivity contribution in [3.8, 4) is 0 Å². The van der Waals surface area contributed by atoms with Crippen molar-refractivity contribution in [2.45, 2.75) is 161 Å². The summed E-state index contributed by atoms with van der Waals surface area (Å²) in [4.78, 5) is 35.7. The lowest BCUT2D eigenvalue weighted by Crippen LogP contribution is -2.86. The first kappa shape index (κ1) is 51.6. The standard InChI is InChI=1S/C38H79N9O6S/c1-4-25-43-34(38(40)50)21-18-19-26-42-33(2)32-53-30-29-52-28-27-44-36(48)24-20-31-54(51)46-37(49)23-17-15-13-11-9-7-5-6-8-10-12-14-16-22-35(39)45-47(3)41/h33-34,42-43H,4-32,41H2,1-3H3,(H2,39,45)(H2,40,50)(H,44,48)(H,46,49)/p+1/t33?,34-,54?/m0/s1. The Balaban J connectivity index is 3.53. The minimum Gasteiger partial charge on any atom is -0.377 e. The van der Waals surface area contributed by atoms with E-state index >= 15 is 0 Å². The molecule has 318 valence electrons. The monoisotopic (exact) mass is 791 g/mol. The first-order valence-electron chi connectivity index (χ1n) is 20.8. The summed E-state index contributed by atoms with van der Waals surface area (Å²) in [6.07, 6.45) is 20.9. The Kier molecular flexibility index (Phi) is 35.9. The van der Waals surface area contributed by atoms with Gasteiger partial charge in [-0.1, -0.05) is 84.0 Å². The quantitative estimate of drug-likeness (QED) is 0.0147. The van der Waals surface area contributed by atoms with Gasteiger partial charge in [-0.05, 0) is 58.5 Å². The fourth-order valence-electron chi connectivity index (χ4n) is 5.80. The highest BCUT2D eigenvalue weighted by Gasteiger charge is 2.13. The van der Waals surface area contributed by atoms with Gasteiger partial charge in [0.15, 0.2) is 0 Å². The number of ether oxygens (including phenoxy) is 2. The maximum absolute atomic E-state index is 12.2. The Hall–Kier alpha value is -2.37. The van der Waals surface area contributed by atoms with Crippen molar-refractivity contribution in [3.05, 3.63) is 0 Å². The van der Waals surface area contributed by atoms with Gasteiger partial charge in [0.1, 0.15) is 11.0 Å². The first-order valence-corrected chi connectivity index (χ1v) is 22.1. The summed E-state index contributed by atoms with van der Waals surface area (Å²) in [5, 5.41) is 13.7. The molecule has 0 saturated heterocycles. The van der Waals surface area contributed by atoms with E-state index in [4.69, 9.17) is 26.8 Å². The van der Waals surface area contributed by atoms with Gasteiger partial charge in [-0.15, -0.1) is 0 Å². The van der Waals surface area contributed by atoms with Crippen molar-refractivity contribution in [2.75, 3.05) is 58.9 Å². The summed E-state index contributed by atoms with van der Waals surface area (Å²) in [7, 11) is 0.256. The number of hydrogen-bond donors (Lipinski definition) is 8. The van der Waals surface area contributed by atoms with E-state index in [1.54, 1.807) is 7.05 Å². The van der Waals surface area contributed by atoms with Gasteiger partial charge >= 0.3 is 0 Å². The van der Waals surface area contributed by atoms with Crippen molar-refractivity contribution < 1.29 is 33.2 Å². The van der Waals surface area contributed by atoms with E-state index in [1.807, 2.05) is 0 Å². The average molecular weight is 791 g/mol. The smallest absolute Gasteiger partial charge is 0.264 e. The maximum Gasteiger partial charge on any atom is 0.264 e. The minimum absolute atomic E-state index is 0.127. The normalized spacial score (nSPS) is 13.4. The van der Waals surface area contributed by atoms with E-state index in [2.05, 4.69) is 39.6 Å². The zero-order valence-electron chi connectivity index (χ0n) is 34.2.